The lowest BCUT2D eigenvalue weighted by Gasteiger charge is -2.26. The van der Waals surface area contributed by atoms with Crippen molar-refractivity contribution >= 4 is 0 Å². The van der Waals surface area contributed by atoms with Crippen molar-refractivity contribution in [3.8, 4) is 17.2 Å². The van der Waals surface area contributed by atoms with Crippen LogP contribution >= 0.6 is 0 Å². The zero-order valence-corrected chi connectivity index (χ0v) is 8.60. The van der Waals surface area contributed by atoms with Crippen molar-refractivity contribution in [2.24, 2.45) is 0 Å². The highest BCUT2D eigenvalue weighted by atomic mass is 16.6. The van der Waals surface area contributed by atoms with E-state index >= 15 is 0 Å². The van der Waals surface area contributed by atoms with Gasteiger partial charge in [0.05, 0.1) is 6.61 Å². The van der Waals surface area contributed by atoms with Crippen molar-refractivity contribution in [2.75, 3.05) is 19.8 Å². The standard InChI is InChI=1S/C11H14O4/c1-2-13-6-9-7-14-10-4-3-8(12)5-11(10)15-9/h3-5,9,12H,2,6-7H2,1H3. The normalized spacial score (nSPS) is 18.9. The molecule has 0 saturated heterocycles. The summed E-state index contributed by atoms with van der Waals surface area (Å²) in [6.07, 6.45) is -0.0979. The van der Waals surface area contributed by atoms with Gasteiger partial charge in [0.15, 0.2) is 17.6 Å². The molecular weight excluding hydrogens is 196 g/mol. The third-order valence-electron chi connectivity index (χ3n) is 2.15. The minimum atomic E-state index is -0.0979. The van der Waals surface area contributed by atoms with Crippen LogP contribution in [0.15, 0.2) is 18.2 Å². The van der Waals surface area contributed by atoms with Crippen LogP contribution in [0.1, 0.15) is 6.92 Å². The zero-order chi connectivity index (χ0) is 10.7. The number of aromatic hydroxyl groups is 1. The van der Waals surface area contributed by atoms with Crippen LogP contribution in [-0.4, -0.2) is 31.0 Å². The largest absolute Gasteiger partial charge is 0.508 e. The fourth-order valence-corrected chi connectivity index (χ4v) is 1.44. The van der Waals surface area contributed by atoms with Gasteiger partial charge in [0, 0.05) is 12.7 Å². The van der Waals surface area contributed by atoms with Gasteiger partial charge in [0.25, 0.3) is 0 Å². The summed E-state index contributed by atoms with van der Waals surface area (Å²) in [4.78, 5) is 0. The van der Waals surface area contributed by atoms with Crippen molar-refractivity contribution in [3.63, 3.8) is 0 Å². The van der Waals surface area contributed by atoms with Crippen LogP contribution in [-0.2, 0) is 4.74 Å². The maximum absolute atomic E-state index is 9.28. The minimum Gasteiger partial charge on any atom is -0.508 e. The number of phenols is 1. The van der Waals surface area contributed by atoms with Crippen molar-refractivity contribution in [3.05, 3.63) is 18.2 Å². The Hall–Kier alpha value is -1.42. The molecule has 1 aromatic rings. The number of benzene rings is 1. The second-order valence-electron chi connectivity index (χ2n) is 3.34. The number of hydrogen-bond donors (Lipinski definition) is 1. The van der Waals surface area contributed by atoms with E-state index in [0.717, 1.165) is 0 Å². The summed E-state index contributed by atoms with van der Waals surface area (Å²) >= 11 is 0. The van der Waals surface area contributed by atoms with E-state index in [0.29, 0.717) is 31.3 Å². The summed E-state index contributed by atoms with van der Waals surface area (Å²) in [5.74, 6) is 1.42. The molecule has 1 atom stereocenters. The Balaban J connectivity index is 2.05. The highest BCUT2D eigenvalue weighted by molar-refractivity contribution is 5.45. The molecule has 0 aliphatic carbocycles. The molecule has 15 heavy (non-hydrogen) atoms. The van der Waals surface area contributed by atoms with Crippen LogP contribution in [0.4, 0.5) is 0 Å². The first-order valence-corrected chi connectivity index (χ1v) is 5.00. The van der Waals surface area contributed by atoms with E-state index < -0.39 is 0 Å². The lowest BCUT2D eigenvalue weighted by atomic mass is 10.2. The average molecular weight is 210 g/mol. The molecule has 1 aliphatic heterocycles. The molecule has 2 rings (SSSR count). The smallest absolute Gasteiger partial charge is 0.165 e. The second kappa shape index (κ2) is 4.40. The molecule has 0 amide bonds. The van der Waals surface area contributed by atoms with E-state index in [1.807, 2.05) is 6.92 Å². The van der Waals surface area contributed by atoms with Gasteiger partial charge in [-0.05, 0) is 19.1 Å². The lowest BCUT2D eigenvalue weighted by Crippen LogP contribution is -2.33. The molecule has 4 nitrogen and oxygen atoms in total. The molecule has 1 aromatic carbocycles. The molecule has 1 aliphatic rings. The SMILES string of the molecule is CCOCC1COc2ccc(O)cc2O1. The summed E-state index contributed by atoms with van der Waals surface area (Å²) in [6, 6.07) is 4.82. The molecule has 82 valence electrons. The maximum Gasteiger partial charge on any atom is 0.165 e. The number of hydrogen-bond acceptors (Lipinski definition) is 4. The van der Waals surface area contributed by atoms with Crippen molar-refractivity contribution in [1.29, 1.82) is 0 Å². The van der Waals surface area contributed by atoms with Crippen molar-refractivity contribution in [1.82, 2.24) is 0 Å². The predicted molar refractivity (Wildman–Crippen MR) is 54.5 cm³/mol. The molecular formula is C11H14O4. The van der Waals surface area contributed by atoms with Gasteiger partial charge < -0.3 is 19.3 Å². The van der Waals surface area contributed by atoms with E-state index in [-0.39, 0.29) is 11.9 Å². The Morgan fingerprint density at radius 3 is 3.13 bits per heavy atom. The highest BCUT2D eigenvalue weighted by Crippen LogP contribution is 2.34. The number of ether oxygens (including phenoxy) is 3. The Bertz CT molecular complexity index is 337. The predicted octanol–water partition coefficient (Wildman–Crippen LogP) is 1.57. The zero-order valence-electron chi connectivity index (χ0n) is 8.60. The van der Waals surface area contributed by atoms with Gasteiger partial charge in [-0.1, -0.05) is 0 Å². The topological polar surface area (TPSA) is 47.9 Å². The molecule has 4 heteroatoms. The van der Waals surface area contributed by atoms with E-state index in [2.05, 4.69) is 0 Å². The van der Waals surface area contributed by atoms with E-state index in [1.54, 1.807) is 18.2 Å². The van der Waals surface area contributed by atoms with Crippen LogP contribution in [0.3, 0.4) is 0 Å². The van der Waals surface area contributed by atoms with Gasteiger partial charge >= 0.3 is 0 Å². The molecule has 0 aromatic heterocycles. The van der Waals surface area contributed by atoms with Crippen LogP contribution in [0.2, 0.25) is 0 Å². The van der Waals surface area contributed by atoms with Crippen molar-refractivity contribution < 1.29 is 19.3 Å². The Kier molecular flexibility index (Phi) is 2.97. The third-order valence-corrected chi connectivity index (χ3v) is 2.15. The highest BCUT2D eigenvalue weighted by Gasteiger charge is 2.21. The summed E-state index contributed by atoms with van der Waals surface area (Å²) in [5.41, 5.74) is 0. The minimum absolute atomic E-state index is 0.0979. The number of rotatable bonds is 3. The van der Waals surface area contributed by atoms with Crippen LogP contribution in [0.5, 0.6) is 17.2 Å². The van der Waals surface area contributed by atoms with Crippen LogP contribution in [0.25, 0.3) is 0 Å². The fourth-order valence-electron chi connectivity index (χ4n) is 1.44. The molecule has 0 saturated carbocycles. The Labute approximate surface area is 88.4 Å². The van der Waals surface area contributed by atoms with Gasteiger partial charge in [0.2, 0.25) is 0 Å². The summed E-state index contributed by atoms with van der Waals surface area (Å²) in [6.45, 7) is 3.58. The van der Waals surface area contributed by atoms with Gasteiger partial charge in [0.1, 0.15) is 12.4 Å². The first kappa shape index (κ1) is 10.1. The summed E-state index contributed by atoms with van der Waals surface area (Å²) in [5, 5.41) is 9.28. The van der Waals surface area contributed by atoms with Crippen molar-refractivity contribution in [2.45, 2.75) is 13.0 Å². The van der Waals surface area contributed by atoms with Gasteiger partial charge in [-0.3, -0.25) is 0 Å². The average Bonchev–Trinajstić information content (AvgIpc) is 2.25. The first-order valence-electron chi connectivity index (χ1n) is 5.00. The Morgan fingerprint density at radius 1 is 1.47 bits per heavy atom. The van der Waals surface area contributed by atoms with Crippen LogP contribution in [0, 0.1) is 0 Å². The van der Waals surface area contributed by atoms with Gasteiger partial charge in [-0.15, -0.1) is 0 Å². The van der Waals surface area contributed by atoms with Gasteiger partial charge in [-0.25, -0.2) is 0 Å². The molecule has 0 spiro atoms. The van der Waals surface area contributed by atoms with E-state index in [9.17, 15) is 5.11 Å². The maximum atomic E-state index is 9.28. The summed E-state index contributed by atoms with van der Waals surface area (Å²) in [7, 11) is 0. The number of fused-ring (bicyclic) bond motifs is 1. The molecule has 0 bridgehead atoms. The van der Waals surface area contributed by atoms with Crippen LogP contribution < -0.4 is 9.47 Å². The lowest BCUT2D eigenvalue weighted by molar-refractivity contribution is 0.0126. The number of phenolic OH excluding ortho intramolecular Hbond substituents is 1. The monoisotopic (exact) mass is 210 g/mol. The van der Waals surface area contributed by atoms with E-state index in [4.69, 9.17) is 14.2 Å². The first-order chi connectivity index (χ1) is 7.29. The molecule has 1 heterocycles. The quantitative estimate of drug-likeness (QED) is 0.822. The van der Waals surface area contributed by atoms with E-state index in [1.165, 1.54) is 0 Å². The summed E-state index contributed by atoms with van der Waals surface area (Å²) < 4.78 is 16.3. The third kappa shape index (κ3) is 2.33. The Morgan fingerprint density at radius 2 is 2.33 bits per heavy atom. The van der Waals surface area contributed by atoms with Gasteiger partial charge in [-0.2, -0.15) is 0 Å². The molecule has 1 N–H and O–H groups in total. The molecule has 0 radical (unpaired) electrons. The molecule has 0 fully saturated rings. The molecule has 1 unspecified atom stereocenters. The second-order valence-corrected chi connectivity index (χ2v) is 3.34. The fraction of sp³-hybridized carbons (Fsp3) is 0.455.